The van der Waals surface area contributed by atoms with Crippen molar-refractivity contribution >= 4 is 23.4 Å². The molecule has 25 heavy (non-hydrogen) atoms. The Morgan fingerprint density at radius 1 is 1.08 bits per heavy atom. The number of imide groups is 1. The maximum absolute atomic E-state index is 12.5. The molecule has 0 spiro atoms. The lowest BCUT2D eigenvalue weighted by molar-refractivity contribution is -0.141. The van der Waals surface area contributed by atoms with Crippen LogP contribution in [0.25, 0.3) is 0 Å². The first-order valence-corrected chi connectivity index (χ1v) is 6.99. The molecular formula is C16H10F3N3O3. The molecule has 1 aliphatic heterocycles. The highest BCUT2D eigenvalue weighted by atomic mass is 19.4. The Morgan fingerprint density at radius 3 is 2.36 bits per heavy atom. The van der Waals surface area contributed by atoms with E-state index in [1.165, 1.54) is 25.2 Å². The predicted molar refractivity (Wildman–Crippen MR) is 80.1 cm³/mol. The molecule has 1 aromatic heterocycles. The van der Waals surface area contributed by atoms with Crippen molar-refractivity contribution in [1.29, 1.82) is 0 Å². The van der Waals surface area contributed by atoms with Gasteiger partial charge in [-0.15, -0.1) is 0 Å². The minimum atomic E-state index is -4.59. The molecule has 2 heterocycles. The maximum atomic E-state index is 12.5. The number of benzene rings is 1. The first-order chi connectivity index (χ1) is 11.7. The molecular weight excluding hydrogens is 339 g/mol. The number of rotatable bonds is 2. The predicted octanol–water partition coefficient (Wildman–Crippen LogP) is 2.58. The fourth-order valence-electron chi connectivity index (χ4n) is 2.34. The Balaban J connectivity index is 1.81. The Morgan fingerprint density at radius 2 is 1.76 bits per heavy atom. The third kappa shape index (κ3) is 2.95. The number of alkyl halides is 3. The number of pyridine rings is 1. The van der Waals surface area contributed by atoms with E-state index >= 15 is 0 Å². The summed E-state index contributed by atoms with van der Waals surface area (Å²) < 4.78 is 37.4. The van der Waals surface area contributed by atoms with Crippen molar-refractivity contribution in [2.24, 2.45) is 0 Å². The highest BCUT2D eigenvalue weighted by molar-refractivity contribution is 6.21. The van der Waals surface area contributed by atoms with E-state index in [0.717, 1.165) is 17.2 Å². The van der Waals surface area contributed by atoms with E-state index in [0.29, 0.717) is 6.07 Å². The number of anilines is 1. The number of hydrogen-bond acceptors (Lipinski definition) is 4. The van der Waals surface area contributed by atoms with Gasteiger partial charge in [0.1, 0.15) is 5.69 Å². The van der Waals surface area contributed by atoms with Crippen LogP contribution in [0.4, 0.5) is 18.9 Å². The topological polar surface area (TPSA) is 79.4 Å². The summed E-state index contributed by atoms with van der Waals surface area (Å²) >= 11 is 0. The summed E-state index contributed by atoms with van der Waals surface area (Å²) in [5.41, 5.74) is -0.570. The number of carbonyl (C=O) groups excluding carboxylic acids is 3. The smallest absolute Gasteiger partial charge is 0.322 e. The molecule has 3 amide bonds. The second-order valence-electron chi connectivity index (χ2n) is 5.31. The summed E-state index contributed by atoms with van der Waals surface area (Å²) in [5.74, 6) is -1.62. The molecule has 128 valence electrons. The largest absolute Gasteiger partial charge is 0.433 e. The molecule has 3 rings (SSSR count). The molecule has 0 aliphatic carbocycles. The second-order valence-corrected chi connectivity index (χ2v) is 5.31. The molecule has 0 fully saturated rings. The van der Waals surface area contributed by atoms with E-state index in [-0.39, 0.29) is 22.4 Å². The number of amides is 3. The van der Waals surface area contributed by atoms with Crippen molar-refractivity contribution in [2.75, 3.05) is 12.4 Å². The summed E-state index contributed by atoms with van der Waals surface area (Å²) in [6.07, 6.45) is -3.78. The molecule has 0 atom stereocenters. The summed E-state index contributed by atoms with van der Waals surface area (Å²) in [7, 11) is 1.34. The summed E-state index contributed by atoms with van der Waals surface area (Å²) in [6, 6.07) is 5.88. The van der Waals surface area contributed by atoms with Crippen LogP contribution >= 0.6 is 0 Å². The van der Waals surface area contributed by atoms with Gasteiger partial charge in [-0.3, -0.25) is 24.3 Å². The van der Waals surface area contributed by atoms with Gasteiger partial charge in [-0.1, -0.05) is 0 Å². The Bertz CT molecular complexity index is 892. The Labute approximate surface area is 139 Å². The summed E-state index contributed by atoms with van der Waals surface area (Å²) in [4.78, 5) is 40.0. The monoisotopic (exact) mass is 349 g/mol. The molecule has 1 aliphatic rings. The van der Waals surface area contributed by atoms with Crippen LogP contribution in [-0.4, -0.2) is 34.7 Å². The number of nitrogens with one attached hydrogen (secondary N) is 1. The number of nitrogens with zero attached hydrogens (tertiary/aromatic N) is 2. The number of halogens is 3. The van der Waals surface area contributed by atoms with E-state index in [2.05, 4.69) is 10.3 Å². The van der Waals surface area contributed by atoms with E-state index < -0.39 is 29.6 Å². The minimum absolute atomic E-state index is 0.0759. The van der Waals surface area contributed by atoms with Crippen LogP contribution in [0.1, 0.15) is 36.8 Å². The van der Waals surface area contributed by atoms with E-state index in [4.69, 9.17) is 0 Å². The standard InChI is InChI=1S/C16H10F3N3O3/c1-22-14(24)10-4-3-9(6-11(10)15(22)25)21-13(23)8-2-5-12(20-7-8)16(17,18)19/h2-7H,1H3,(H,21,23). The highest BCUT2D eigenvalue weighted by Gasteiger charge is 2.33. The van der Waals surface area contributed by atoms with Crippen molar-refractivity contribution in [2.45, 2.75) is 6.18 Å². The normalized spacial score (nSPS) is 13.8. The van der Waals surface area contributed by atoms with Crippen molar-refractivity contribution < 1.29 is 27.6 Å². The molecule has 0 radical (unpaired) electrons. The molecule has 0 bridgehead atoms. The van der Waals surface area contributed by atoms with Crippen LogP contribution < -0.4 is 5.32 Å². The van der Waals surface area contributed by atoms with Gasteiger partial charge >= 0.3 is 6.18 Å². The molecule has 2 aromatic rings. The fourth-order valence-corrected chi connectivity index (χ4v) is 2.34. The van der Waals surface area contributed by atoms with Crippen molar-refractivity contribution in [3.05, 3.63) is 58.9 Å². The van der Waals surface area contributed by atoms with Crippen molar-refractivity contribution in [1.82, 2.24) is 9.88 Å². The third-order valence-corrected chi connectivity index (χ3v) is 3.66. The first-order valence-electron chi connectivity index (χ1n) is 6.99. The van der Waals surface area contributed by atoms with Gasteiger partial charge in [-0.05, 0) is 30.3 Å². The number of hydrogen-bond donors (Lipinski definition) is 1. The highest BCUT2D eigenvalue weighted by Crippen LogP contribution is 2.28. The average molecular weight is 349 g/mol. The third-order valence-electron chi connectivity index (χ3n) is 3.66. The van der Waals surface area contributed by atoms with Crippen LogP contribution in [0.5, 0.6) is 0 Å². The molecule has 1 aromatic carbocycles. The van der Waals surface area contributed by atoms with Crippen LogP contribution in [0, 0.1) is 0 Å². The van der Waals surface area contributed by atoms with E-state index in [9.17, 15) is 27.6 Å². The fraction of sp³-hybridized carbons (Fsp3) is 0.125. The number of fused-ring (bicyclic) bond motifs is 1. The van der Waals surface area contributed by atoms with E-state index in [1.807, 2.05) is 0 Å². The molecule has 0 saturated heterocycles. The van der Waals surface area contributed by atoms with Crippen LogP contribution in [0.2, 0.25) is 0 Å². The Kier molecular flexibility index (Phi) is 3.78. The lowest BCUT2D eigenvalue weighted by atomic mass is 10.1. The van der Waals surface area contributed by atoms with Gasteiger partial charge in [0.2, 0.25) is 0 Å². The number of carbonyl (C=O) groups is 3. The first kappa shape index (κ1) is 16.6. The molecule has 0 unspecified atom stereocenters. The van der Waals surface area contributed by atoms with Crippen LogP contribution in [0.15, 0.2) is 36.5 Å². The zero-order valence-corrected chi connectivity index (χ0v) is 12.7. The lowest BCUT2D eigenvalue weighted by Gasteiger charge is -2.08. The SMILES string of the molecule is CN1C(=O)c2ccc(NC(=O)c3ccc(C(F)(F)F)nc3)cc2C1=O. The average Bonchev–Trinajstić information content (AvgIpc) is 2.78. The van der Waals surface area contributed by atoms with Gasteiger partial charge in [-0.2, -0.15) is 13.2 Å². The van der Waals surface area contributed by atoms with Gasteiger partial charge in [-0.25, -0.2) is 0 Å². The van der Waals surface area contributed by atoms with Crippen molar-refractivity contribution in [3.8, 4) is 0 Å². The molecule has 1 N–H and O–H groups in total. The summed E-state index contributed by atoms with van der Waals surface area (Å²) in [5, 5.41) is 2.45. The van der Waals surface area contributed by atoms with Gasteiger partial charge in [0, 0.05) is 18.9 Å². The van der Waals surface area contributed by atoms with Crippen molar-refractivity contribution in [3.63, 3.8) is 0 Å². The zero-order chi connectivity index (χ0) is 18.4. The molecule has 0 saturated carbocycles. The zero-order valence-electron chi connectivity index (χ0n) is 12.7. The lowest BCUT2D eigenvalue weighted by Crippen LogP contribution is -2.24. The van der Waals surface area contributed by atoms with Gasteiger partial charge in [0.15, 0.2) is 0 Å². The quantitative estimate of drug-likeness (QED) is 0.845. The minimum Gasteiger partial charge on any atom is -0.322 e. The maximum Gasteiger partial charge on any atom is 0.433 e. The van der Waals surface area contributed by atoms with Gasteiger partial charge in [0.05, 0.1) is 16.7 Å². The van der Waals surface area contributed by atoms with Gasteiger partial charge < -0.3 is 5.32 Å². The van der Waals surface area contributed by atoms with Crippen LogP contribution in [0.3, 0.4) is 0 Å². The number of aromatic nitrogens is 1. The Hall–Kier alpha value is -3.23. The second kappa shape index (κ2) is 5.69. The van der Waals surface area contributed by atoms with Crippen LogP contribution in [-0.2, 0) is 6.18 Å². The summed E-state index contributed by atoms with van der Waals surface area (Å²) in [6.45, 7) is 0. The molecule has 6 nitrogen and oxygen atoms in total. The van der Waals surface area contributed by atoms with Gasteiger partial charge in [0.25, 0.3) is 17.7 Å². The molecule has 9 heteroatoms. The van der Waals surface area contributed by atoms with E-state index in [1.54, 1.807) is 0 Å².